The van der Waals surface area contributed by atoms with Crippen molar-refractivity contribution in [2.75, 3.05) is 13.1 Å². The van der Waals surface area contributed by atoms with Crippen LogP contribution in [0.3, 0.4) is 0 Å². The number of H-pyrrole nitrogens is 1. The van der Waals surface area contributed by atoms with Gasteiger partial charge >= 0.3 is 5.97 Å². The summed E-state index contributed by atoms with van der Waals surface area (Å²) in [6.45, 7) is 1.69. The number of aromatic amines is 1. The molecule has 1 aliphatic rings. The maximum Gasteiger partial charge on any atom is 0.328 e. The zero-order valence-corrected chi connectivity index (χ0v) is 8.52. The van der Waals surface area contributed by atoms with Gasteiger partial charge in [0.1, 0.15) is 5.82 Å². The summed E-state index contributed by atoms with van der Waals surface area (Å²) in [6.07, 6.45) is 6.60. The Morgan fingerprint density at radius 1 is 1.47 bits per heavy atom. The molecule has 1 aliphatic heterocycles. The Kier molecular flexibility index (Phi) is 3.01. The van der Waals surface area contributed by atoms with Crippen molar-refractivity contribution in [2.24, 2.45) is 0 Å². The number of aromatic nitrogens is 2. The third-order valence-electron chi connectivity index (χ3n) is 2.77. The van der Waals surface area contributed by atoms with E-state index in [0.29, 0.717) is 5.82 Å². The lowest BCUT2D eigenvalue weighted by Gasteiger charge is -2.30. The second-order valence-electron chi connectivity index (χ2n) is 3.81. The number of likely N-dealkylation sites (tertiary alicyclic amines) is 1. The smallest absolute Gasteiger partial charge is 0.328 e. The first-order valence-corrected chi connectivity index (χ1v) is 5.25. The van der Waals surface area contributed by atoms with E-state index in [9.17, 15) is 9.90 Å². The van der Waals surface area contributed by atoms with Crippen LogP contribution in [0.25, 0.3) is 0 Å². The summed E-state index contributed by atoms with van der Waals surface area (Å²) in [7, 11) is 0. The zero-order valence-electron chi connectivity index (χ0n) is 8.52. The standard InChI is InChI=1S/C10H15N3O2/c14-10(15)8(9-11-4-5-12-9)13-6-2-1-3-7-13/h4-5,8H,1-3,6-7H2,(H,11,12)(H,14,15). The molecule has 1 saturated heterocycles. The molecule has 1 aromatic heterocycles. The van der Waals surface area contributed by atoms with Gasteiger partial charge in [0.15, 0.2) is 6.04 Å². The highest BCUT2D eigenvalue weighted by atomic mass is 16.4. The Labute approximate surface area is 88.1 Å². The van der Waals surface area contributed by atoms with E-state index in [1.165, 1.54) is 6.42 Å². The maximum atomic E-state index is 11.2. The van der Waals surface area contributed by atoms with Crippen molar-refractivity contribution in [3.05, 3.63) is 18.2 Å². The second-order valence-corrected chi connectivity index (χ2v) is 3.81. The van der Waals surface area contributed by atoms with Crippen LogP contribution in [0, 0.1) is 0 Å². The number of nitrogens with zero attached hydrogens (tertiary/aromatic N) is 2. The summed E-state index contributed by atoms with van der Waals surface area (Å²) in [5.41, 5.74) is 0. The van der Waals surface area contributed by atoms with E-state index >= 15 is 0 Å². The predicted molar refractivity (Wildman–Crippen MR) is 54.4 cm³/mol. The van der Waals surface area contributed by atoms with Crippen LogP contribution in [0.2, 0.25) is 0 Å². The van der Waals surface area contributed by atoms with Gasteiger partial charge in [-0.05, 0) is 25.9 Å². The molecule has 2 rings (SSSR count). The van der Waals surface area contributed by atoms with Crippen LogP contribution in [-0.4, -0.2) is 39.0 Å². The Hall–Kier alpha value is -1.36. The number of hydrogen-bond donors (Lipinski definition) is 2. The molecular formula is C10H15N3O2. The van der Waals surface area contributed by atoms with E-state index in [-0.39, 0.29) is 0 Å². The monoisotopic (exact) mass is 209 g/mol. The number of carboxylic acid groups (broad SMARTS) is 1. The molecule has 82 valence electrons. The highest BCUT2D eigenvalue weighted by molar-refractivity contribution is 5.74. The number of nitrogens with one attached hydrogen (secondary N) is 1. The maximum absolute atomic E-state index is 11.2. The fourth-order valence-corrected chi connectivity index (χ4v) is 2.05. The van der Waals surface area contributed by atoms with Gasteiger partial charge in [-0.2, -0.15) is 0 Å². The van der Waals surface area contributed by atoms with E-state index in [0.717, 1.165) is 25.9 Å². The number of aliphatic carboxylic acids is 1. The Bertz CT molecular complexity index is 317. The summed E-state index contributed by atoms with van der Waals surface area (Å²) in [6, 6.07) is -0.611. The zero-order chi connectivity index (χ0) is 10.7. The van der Waals surface area contributed by atoms with Crippen molar-refractivity contribution in [2.45, 2.75) is 25.3 Å². The Morgan fingerprint density at radius 2 is 2.20 bits per heavy atom. The van der Waals surface area contributed by atoms with Gasteiger partial charge in [0, 0.05) is 12.4 Å². The first-order chi connectivity index (χ1) is 7.29. The van der Waals surface area contributed by atoms with Crippen molar-refractivity contribution < 1.29 is 9.90 Å². The molecule has 1 fully saturated rings. The number of rotatable bonds is 3. The highest BCUT2D eigenvalue weighted by Crippen LogP contribution is 2.22. The molecule has 5 nitrogen and oxygen atoms in total. The molecule has 0 radical (unpaired) electrons. The third kappa shape index (κ3) is 2.18. The summed E-state index contributed by atoms with van der Waals surface area (Å²) < 4.78 is 0. The van der Waals surface area contributed by atoms with Crippen molar-refractivity contribution in [3.8, 4) is 0 Å². The topological polar surface area (TPSA) is 69.2 Å². The molecule has 5 heteroatoms. The number of imidazole rings is 1. The highest BCUT2D eigenvalue weighted by Gasteiger charge is 2.30. The molecular weight excluding hydrogens is 194 g/mol. The third-order valence-corrected chi connectivity index (χ3v) is 2.77. The summed E-state index contributed by atoms with van der Waals surface area (Å²) >= 11 is 0. The van der Waals surface area contributed by atoms with Crippen molar-refractivity contribution in [1.29, 1.82) is 0 Å². The van der Waals surface area contributed by atoms with Crippen molar-refractivity contribution in [1.82, 2.24) is 14.9 Å². The van der Waals surface area contributed by atoms with E-state index in [1.807, 2.05) is 4.90 Å². The molecule has 1 unspecified atom stereocenters. The van der Waals surface area contributed by atoms with Gasteiger partial charge in [0.2, 0.25) is 0 Å². The van der Waals surface area contributed by atoms with Crippen LogP contribution in [0.1, 0.15) is 31.1 Å². The Morgan fingerprint density at radius 3 is 2.73 bits per heavy atom. The van der Waals surface area contributed by atoms with E-state index in [2.05, 4.69) is 9.97 Å². The number of carbonyl (C=O) groups is 1. The molecule has 0 bridgehead atoms. The quantitative estimate of drug-likeness (QED) is 0.779. The lowest BCUT2D eigenvalue weighted by atomic mass is 10.1. The molecule has 2 N–H and O–H groups in total. The minimum atomic E-state index is -0.827. The van der Waals surface area contributed by atoms with E-state index < -0.39 is 12.0 Å². The van der Waals surface area contributed by atoms with Gasteiger partial charge in [0.05, 0.1) is 0 Å². The molecule has 0 saturated carbocycles. The minimum absolute atomic E-state index is 0.532. The van der Waals surface area contributed by atoms with Gasteiger partial charge in [-0.25, -0.2) is 4.98 Å². The molecule has 1 aromatic rings. The SMILES string of the molecule is O=C(O)C(c1ncc[nH]1)N1CCCCC1. The molecule has 2 heterocycles. The molecule has 15 heavy (non-hydrogen) atoms. The molecule has 0 amide bonds. The fraction of sp³-hybridized carbons (Fsp3) is 0.600. The van der Waals surface area contributed by atoms with Crippen LogP contribution in [0.4, 0.5) is 0 Å². The van der Waals surface area contributed by atoms with Gasteiger partial charge in [-0.15, -0.1) is 0 Å². The lowest BCUT2D eigenvalue weighted by molar-refractivity contribution is -0.144. The van der Waals surface area contributed by atoms with Crippen LogP contribution >= 0.6 is 0 Å². The average molecular weight is 209 g/mol. The number of carboxylic acids is 1. The van der Waals surface area contributed by atoms with Crippen molar-refractivity contribution in [3.63, 3.8) is 0 Å². The number of hydrogen-bond acceptors (Lipinski definition) is 3. The van der Waals surface area contributed by atoms with Crippen molar-refractivity contribution >= 4 is 5.97 Å². The first kappa shape index (κ1) is 10.2. The largest absolute Gasteiger partial charge is 0.480 e. The van der Waals surface area contributed by atoms with E-state index in [1.54, 1.807) is 12.4 Å². The van der Waals surface area contributed by atoms with Gasteiger partial charge in [0.25, 0.3) is 0 Å². The first-order valence-electron chi connectivity index (χ1n) is 5.25. The molecule has 0 aliphatic carbocycles. The van der Waals surface area contributed by atoms with Crippen LogP contribution in [-0.2, 0) is 4.79 Å². The lowest BCUT2D eigenvalue weighted by Crippen LogP contribution is -2.38. The molecule has 0 aromatic carbocycles. The van der Waals surface area contributed by atoms with Gasteiger partial charge < -0.3 is 10.1 Å². The van der Waals surface area contributed by atoms with Crippen LogP contribution in [0.5, 0.6) is 0 Å². The average Bonchev–Trinajstić information content (AvgIpc) is 2.72. The molecule has 0 spiro atoms. The second kappa shape index (κ2) is 4.44. The fourth-order valence-electron chi connectivity index (χ4n) is 2.05. The van der Waals surface area contributed by atoms with Gasteiger partial charge in [-0.1, -0.05) is 6.42 Å². The van der Waals surface area contributed by atoms with E-state index in [4.69, 9.17) is 0 Å². The van der Waals surface area contributed by atoms with Crippen LogP contribution < -0.4 is 0 Å². The number of piperidine rings is 1. The minimum Gasteiger partial charge on any atom is -0.480 e. The molecule has 1 atom stereocenters. The summed E-state index contributed by atoms with van der Waals surface area (Å²) in [5.74, 6) is -0.295. The Balaban J connectivity index is 2.15. The summed E-state index contributed by atoms with van der Waals surface area (Å²) in [5, 5.41) is 9.20. The summed E-state index contributed by atoms with van der Waals surface area (Å²) in [4.78, 5) is 20.1. The normalized spacial score (nSPS) is 20.0. The van der Waals surface area contributed by atoms with Crippen LogP contribution in [0.15, 0.2) is 12.4 Å². The van der Waals surface area contributed by atoms with Gasteiger partial charge in [-0.3, -0.25) is 9.69 Å². The predicted octanol–water partition coefficient (Wildman–Crippen LogP) is 1.02.